The summed E-state index contributed by atoms with van der Waals surface area (Å²) in [5.74, 6) is -0.911. The third kappa shape index (κ3) is 4.18. The van der Waals surface area contributed by atoms with E-state index in [4.69, 9.17) is 16.9 Å². The number of nitriles is 1. The van der Waals surface area contributed by atoms with Crippen LogP contribution in [-0.2, 0) is 4.79 Å². The number of hydrogen-bond acceptors (Lipinski definition) is 5. The SMILES string of the molecule is N#CC=CC(=O)N1CCN(c2ncnc3cc(-c4ccc(F)cc4F)c(Cl)cc23)CC1. The van der Waals surface area contributed by atoms with Gasteiger partial charge in [0.05, 0.1) is 11.6 Å². The molecule has 0 saturated carbocycles. The molecule has 1 fully saturated rings. The van der Waals surface area contributed by atoms with Crippen LogP contribution in [0, 0.1) is 23.0 Å². The molecule has 9 heteroatoms. The number of benzene rings is 2. The van der Waals surface area contributed by atoms with Crippen LogP contribution < -0.4 is 4.90 Å². The molecule has 156 valence electrons. The number of rotatable bonds is 3. The van der Waals surface area contributed by atoms with Crippen LogP contribution in [0.15, 0.2) is 48.8 Å². The lowest BCUT2D eigenvalue weighted by atomic mass is 10.0. The van der Waals surface area contributed by atoms with Crippen LogP contribution in [0.25, 0.3) is 22.0 Å². The Morgan fingerprint density at radius 3 is 2.58 bits per heavy atom. The van der Waals surface area contributed by atoms with Gasteiger partial charge in [-0.05, 0) is 24.3 Å². The minimum absolute atomic E-state index is 0.186. The Hall–Kier alpha value is -3.57. The number of allylic oxidation sites excluding steroid dienone is 1. The molecule has 4 rings (SSSR count). The summed E-state index contributed by atoms with van der Waals surface area (Å²) in [5, 5.41) is 9.56. The second kappa shape index (κ2) is 8.66. The summed E-state index contributed by atoms with van der Waals surface area (Å²) in [7, 11) is 0. The standard InChI is InChI=1S/C22H16ClF2N5O/c23-18-11-17-20(12-16(18)15-4-3-14(24)10-19(15)25)27-13-28-22(17)30-8-6-29(7-9-30)21(31)2-1-5-26/h1-4,10-13H,6-9H2. The zero-order valence-corrected chi connectivity index (χ0v) is 17.0. The highest BCUT2D eigenvalue weighted by atomic mass is 35.5. The van der Waals surface area contributed by atoms with Crippen LogP contribution in [0.1, 0.15) is 0 Å². The van der Waals surface area contributed by atoms with Crippen molar-refractivity contribution in [2.24, 2.45) is 0 Å². The molecule has 0 radical (unpaired) electrons. The molecule has 0 N–H and O–H groups in total. The normalized spacial score (nSPS) is 14.3. The fourth-order valence-corrected chi connectivity index (χ4v) is 3.85. The smallest absolute Gasteiger partial charge is 0.247 e. The number of anilines is 1. The molecule has 2 aromatic carbocycles. The molecule has 3 aromatic rings. The van der Waals surface area contributed by atoms with E-state index in [9.17, 15) is 13.6 Å². The van der Waals surface area contributed by atoms with Crippen molar-refractivity contribution in [2.75, 3.05) is 31.1 Å². The van der Waals surface area contributed by atoms with Crippen LogP contribution in [0.2, 0.25) is 5.02 Å². The Morgan fingerprint density at radius 2 is 1.87 bits per heavy atom. The van der Waals surface area contributed by atoms with Gasteiger partial charge in [-0.3, -0.25) is 4.79 Å². The average Bonchev–Trinajstić information content (AvgIpc) is 2.77. The number of piperazine rings is 1. The molecule has 0 bridgehead atoms. The number of nitrogens with zero attached hydrogens (tertiary/aromatic N) is 5. The first-order chi connectivity index (χ1) is 15.0. The first-order valence-electron chi connectivity index (χ1n) is 9.47. The molecule has 0 spiro atoms. The Bertz CT molecular complexity index is 1230. The third-order valence-electron chi connectivity index (χ3n) is 5.12. The van der Waals surface area contributed by atoms with Crippen molar-refractivity contribution in [1.29, 1.82) is 5.26 Å². The minimum atomic E-state index is -0.707. The zero-order valence-electron chi connectivity index (χ0n) is 16.2. The van der Waals surface area contributed by atoms with Crippen LogP contribution in [-0.4, -0.2) is 47.0 Å². The molecular formula is C22H16ClF2N5O. The summed E-state index contributed by atoms with van der Waals surface area (Å²) in [5.41, 5.74) is 1.17. The maximum Gasteiger partial charge on any atom is 0.247 e. The molecule has 1 saturated heterocycles. The van der Waals surface area contributed by atoms with Crippen molar-refractivity contribution in [3.8, 4) is 17.2 Å². The van der Waals surface area contributed by atoms with Gasteiger partial charge in [-0.2, -0.15) is 5.26 Å². The predicted octanol–water partition coefficient (Wildman–Crippen LogP) is 3.96. The lowest BCUT2D eigenvalue weighted by molar-refractivity contribution is -0.126. The molecule has 1 aromatic heterocycles. The van der Waals surface area contributed by atoms with Gasteiger partial charge < -0.3 is 9.80 Å². The van der Waals surface area contributed by atoms with Gasteiger partial charge in [0.2, 0.25) is 5.91 Å². The molecular weight excluding hydrogens is 424 g/mol. The number of carbonyl (C=O) groups is 1. The number of carbonyl (C=O) groups excluding carboxylic acids is 1. The predicted molar refractivity (Wildman–Crippen MR) is 113 cm³/mol. The summed E-state index contributed by atoms with van der Waals surface area (Å²) in [6.07, 6.45) is 3.84. The Balaban J connectivity index is 1.64. The van der Waals surface area contributed by atoms with Crippen molar-refractivity contribution in [3.05, 3.63) is 65.5 Å². The van der Waals surface area contributed by atoms with Crippen molar-refractivity contribution in [1.82, 2.24) is 14.9 Å². The topological polar surface area (TPSA) is 73.1 Å². The van der Waals surface area contributed by atoms with Crippen molar-refractivity contribution < 1.29 is 13.6 Å². The lowest BCUT2D eigenvalue weighted by Gasteiger charge is -2.35. The van der Waals surface area contributed by atoms with Crippen molar-refractivity contribution in [2.45, 2.75) is 0 Å². The molecule has 1 aliphatic rings. The number of aromatic nitrogens is 2. The van der Waals surface area contributed by atoms with Gasteiger partial charge in [-0.25, -0.2) is 18.7 Å². The number of halogens is 3. The van der Waals surface area contributed by atoms with Crippen molar-refractivity contribution >= 4 is 34.2 Å². The average molecular weight is 440 g/mol. The van der Waals surface area contributed by atoms with E-state index in [1.165, 1.54) is 24.5 Å². The Labute approximate surface area is 182 Å². The number of amides is 1. The van der Waals surface area contributed by atoms with E-state index in [-0.39, 0.29) is 11.5 Å². The van der Waals surface area contributed by atoms with Gasteiger partial charge in [0.25, 0.3) is 0 Å². The van der Waals surface area contributed by atoms with E-state index in [0.717, 1.165) is 12.1 Å². The number of fused-ring (bicyclic) bond motifs is 1. The lowest BCUT2D eigenvalue weighted by Crippen LogP contribution is -2.48. The van der Waals surface area contributed by atoms with Crippen LogP contribution in [0.4, 0.5) is 14.6 Å². The van der Waals surface area contributed by atoms with Crippen molar-refractivity contribution in [3.63, 3.8) is 0 Å². The minimum Gasteiger partial charge on any atom is -0.352 e. The summed E-state index contributed by atoms with van der Waals surface area (Å²) >= 11 is 6.45. The summed E-state index contributed by atoms with van der Waals surface area (Å²) < 4.78 is 27.5. The van der Waals surface area contributed by atoms with Crippen LogP contribution in [0.3, 0.4) is 0 Å². The largest absolute Gasteiger partial charge is 0.352 e. The first-order valence-corrected chi connectivity index (χ1v) is 9.85. The molecule has 0 atom stereocenters. The second-order valence-electron chi connectivity index (χ2n) is 6.95. The molecule has 1 amide bonds. The first kappa shape index (κ1) is 20.7. The van der Waals surface area contributed by atoms with E-state index >= 15 is 0 Å². The van der Waals surface area contributed by atoms with Gasteiger partial charge in [0, 0.05) is 65.9 Å². The quantitative estimate of drug-likeness (QED) is 0.456. The molecule has 2 heterocycles. The highest BCUT2D eigenvalue weighted by molar-refractivity contribution is 6.34. The van der Waals surface area contributed by atoms with Gasteiger partial charge in [-0.1, -0.05) is 11.6 Å². The van der Waals surface area contributed by atoms with E-state index in [2.05, 4.69) is 9.97 Å². The molecule has 6 nitrogen and oxygen atoms in total. The summed E-state index contributed by atoms with van der Waals surface area (Å²) in [4.78, 5) is 24.4. The second-order valence-corrected chi connectivity index (χ2v) is 7.35. The van der Waals surface area contributed by atoms with Gasteiger partial charge in [0.15, 0.2) is 0 Å². The van der Waals surface area contributed by atoms with Gasteiger partial charge >= 0.3 is 0 Å². The van der Waals surface area contributed by atoms with Crippen LogP contribution in [0.5, 0.6) is 0 Å². The van der Waals surface area contributed by atoms with E-state index < -0.39 is 11.6 Å². The maximum absolute atomic E-state index is 14.3. The Kier molecular flexibility index (Phi) is 5.78. The number of hydrogen-bond donors (Lipinski definition) is 0. The van der Waals surface area contributed by atoms with Gasteiger partial charge in [0.1, 0.15) is 23.8 Å². The zero-order chi connectivity index (χ0) is 22.0. The van der Waals surface area contributed by atoms with E-state index in [0.29, 0.717) is 53.5 Å². The highest BCUT2D eigenvalue weighted by Crippen LogP contribution is 2.36. The fraction of sp³-hybridized carbons (Fsp3) is 0.182. The molecule has 0 aliphatic carbocycles. The summed E-state index contributed by atoms with van der Waals surface area (Å²) in [6.45, 7) is 2.05. The highest BCUT2D eigenvalue weighted by Gasteiger charge is 2.23. The van der Waals surface area contributed by atoms with E-state index in [1.807, 2.05) is 11.0 Å². The molecule has 0 unspecified atom stereocenters. The Morgan fingerprint density at radius 1 is 1.10 bits per heavy atom. The maximum atomic E-state index is 14.3. The third-order valence-corrected chi connectivity index (χ3v) is 5.43. The van der Waals surface area contributed by atoms with Crippen LogP contribution >= 0.6 is 11.6 Å². The monoisotopic (exact) mass is 439 g/mol. The fourth-order valence-electron chi connectivity index (χ4n) is 3.58. The molecule has 31 heavy (non-hydrogen) atoms. The molecule has 1 aliphatic heterocycles. The summed E-state index contributed by atoms with van der Waals surface area (Å²) in [6, 6.07) is 8.48. The van der Waals surface area contributed by atoms with Gasteiger partial charge in [-0.15, -0.1) is 0 Å². The van der Waals surface area contributed by atoms with E-state index in [1.54, 1.807) is 17.0 Å².